The van der Waals surface area contributed by atoms with Crippen LogP contribution in [0.25, 0.3) is 10.8 Å². The standard InChI is InChI=1S/C19H16N2O3/c1-24-17-9-5-4-8-16(17)19(23)21-20-12-14-11-10-13-6-2-3-7-15(13)18(14)22/h2-12,22H,1H3,(H,21,23)/b20-12+. The number of methoxy groups -OCH3 is 1. The second-order valence-electron chi connectivity index (χ2n) is 5.12. The highest BCUT2D eigenvalue weighted by Crippen LogP contribution is 2.27. The Hall–Kier alpha value is -3.34. The molecule has 0 aliphatic rings. The van der Waals surface area contributed by atoms with Crippen LogP contribution in [0.3, 0.4) is 0 Å². The first kappa shape index (κ1) is 15.6. The van der Waals surface area contributed by atoms with Gasteiger partial charge in [0.15, 0.2) is 0 Å². The number of nitrogens with one attached hydrogen (secondary N) is 1. The number of phenolic OH excluding ortho intramolecular Hbond substituents is 1. The third kappa shape index (κ3) is 3.05. The Morgan fingerprint density at radius 1 is 1.08 bits per heavy atom. The topological polar surface area (TPSA) is 70.9 Å². The Morgan fingerprint density at radius 2 is 1.83 bits per heavy atom. The van der Waals surface area contributed by atoms with Crippen LogP contribution in [0.2, 0.25) is 0 Å². The average molecular weight is 320 g/mol. The van der Waals surface area contributed by atoms with Crippen LogP contribution in [0, 0.1) is 0 Å². The van der Waals surface area contributed by atoms with Crippen LogP contribution in [0.4, 0.5) is 0 Å². The number of nitrogens with zero attached hydrogens (tertiary/aromatic N) is 1. The minimum absolute atomic E-state index is 0.128. The number of carbonyl (C=O) groups excluding carboxylic acids is 1. The molecule has 0 heterocycles. The van der Waals surface area contributed by atoms with Gasteiger partial charge in [-0.25, -0.2) is 5.43 Å². The summed E-state index contributed by atoms with van der Waals surface area (Å²) in [5.74, 6) is 0.214. The van der Waals surface area contributed by atoms with Crippen molar-refractivity contribution in [3.8, 4) is 11.5 Å². The molecule has 0 atom stereocenters. The summed E-state index contributed by atoms with van der Waals surface area (Å²) in [6, 6.07) is 18.0. The molecule has 0 spiro atoms. The summed E-state index contributed by atoms with van der Waals surface area (Å²) in [4.78, 5) is 12.1. The maximum absolute atomic E-state index is 12.1. The van der Waals surface area contributed by atoms with E-state index < -0.39 is 0 Å². The normalized spacial score (nSPS) is 10.9. The summed E-state index contributed by atoms with van der Waals surface area (Å²) < 4.78 is 5.15. The maximum Gasteiger partial charge on any atom is 0.275 e. The van der Waals surface area contributed by atoms with E-state index in [0.29, 0.717) is 16.9 Å². The molecule has 3 aromatic carbocycles. The van der Waals surface area contributed by atoms with Gasteiger partial charge in [-0.1, -0.05) is 42.5 Å². The van der Waals surface area contributed by atoms with Crippen molar-refractivity contribution in [3.05, 3.63) is 71.8 Å². The van der Waals surface area contributed by atoms with Crippen molar-refractivity contribution < 1.29 is 14.6 Å². The number of ether oxygens (including phenoxy) is 1. The Labute approximate surface area is 139 Å². The van der Waals surface area contributed by atoms with Crippen molar-refractivity contribution >= 4 is 22.9 Å². The molecule has 0 fully saturated rings. The first-order chi connectivity index (χ1) is 11.7. The van der Waals surface area contributed by atoms with Gasteiger partial charge in [0.05, 0.1) is 18.9 Å². The Morgan fingerprint density at radius 3 is 2.67 bits per heavy atom. The first-order valence-corrected chi connectivity index (χ1v) is 7.38. The summed E-state index contributed by atoms with van der Waals surface area (Å²) in [5, 5.41) is 15.9. The molecule has 0 aliphatic carbocycles. The highest BCUT2D eigenvalue weighted by Gasteiger charge is 2.10. The van der Waals surface area contributed by atoms with Gasteiger partial charge in [-0.15, -0.1) is 0 Å². The fourth-order valence-electron chi connectivity index (χ4n) is 2.43. The monoisotopic (exact) mass is 320 g/mol. The fourth-order valence-corrected chi connectivity index (χ4v) is 2.43. The number of rotatable bonds is 4. The predicted octanol–water partition coefficient (Wildman–Crippen LogP) is 3.32. The maximum atomic E-state index is 12.1. The van der Waals surface area contributed by atoms with Crippen LogP contribution in [0.15, 0.2) is 65.8 Å². The third-order valence-corrected chi connectivity index (χ3v) is 3.65. The van der Waals surface area contributed by atoms with Gasteiger partial charge in [0.2, 0.25) is 0 Å². The van der Waals surface area contributed by atoms with Gasteiger partial charge in [0.25, 0.3) is 5.91 Å². The van der Waals surface area contributed by atoms with Crippen LogP contribution in [0.5, 0.6) is 11.5 Å². The summed E-state index contributed by atoms with van der Waals surface area (Å²) in [6.07, 6.45) is 1.41. The van der Waals surface area contributed by atoms with E-state index in [-0.39, 0.29) is 11.7 Å². The van der Waals surface area contributed by atoms with E-state index >= 15 is 0 Å². The van der Waals surface area contributed by atoms with Gasteiger partial charge >= 0.3 is 0 Å². The van der Waals surface area contributed by atoms with E-state index in [2.05, 4.69) is 10.5 Å². The second kappa shape index (κ2) is 6.83. The lowest BCUT2D eigenvalue weighted by Gasteiger charge is -2.06. The van der Waals surface area contributed by atoms with E-state index in [1.54, 1.807) is 30.3 Å². The summed E-state index contributed by atoms with van der Waals surface area (Å²) in [7, 11) is 1.50. The van der Waals surface area contributed by atoms with Gasteiger partial charge in [0.1, 0.15) is 11.5 Å². The van der Waals surface area contributed by atoms with Crippen LogP contribution in [-0.4, -0.2) is 24.3 Å². The number of phenols is 1. The molecular formula is C19H16N2O3. The lowest BCUT2D eigenvalue weighted by molar-refractivity contribution is 0.0952. The molecule has 120 valence electrons. The predicted molar refractivity (Wildman–Crippen MR) is 93.7 cm³/mol. The molecule has 3 aromatic rings. The summed E-state index contributed by atoms with van der Waals surface area (Å²) in [6.45, 7) is 0. The van der Waals surface area contributed by atoms with Gasteiger partial charge in [-0.05, 0) is 23.6 Å². The smallest absolute Gasteiger partial charge is 0.275 e. The quantitative estimate of drug-likeness (QED) is 0.572. The van der Waals surface area contributed by atoms with E-state index in [1.165, 1.54) is 13.3 Å². The van der Waals surface area contributed by atoms with Crippen molar-refractivity contribution in [2.75, 3.05) is 7.11 Å². The fraction of sp³-hybridized carbons (Fsp3) is 0.0526. The highest BCUT2D eigenvalue weighted by molar-refractivity contribution is 5.99. The number of fused-ring (bicyclic) bond motifs is 1. The van der Waals surface area contributed by atoms with Crippen molar-refractivity contribution in [2.24, 2.45) is 5.10 Å². The number of hydrazone groups is 1. The number of hydrogen-bond donors (Lipinski definition) is 2. The SMILES string of the molecule is COc1ccccc1C(=O)N/N=C/c1ccc2ccccc2c1O. The van der Waals surface area contributed by atoms with Crippen LogP contribution in [-0.2, 0) is 0 Å². The minimum atomic E-state index is -0.385. The van der Waals surface area contributed by atoms with Crippen LogP contribution in [0.1, 0.15) is 15.9 Å². The molecule has 0 radical (unpaired) electrons. The van der Waals surface area contributed by atoms with Gasteiger partial charge in [-0.3, -0.25) is 4.79 Å². The van der Waals surface area contributed by atoms with Gasteiger partial charge < -0.3 is 9.84 Å². The van der Waals surface area contributed by atoms with Gasteiger partial charge in [-0.2, -0.15) is 5.10 Å². The zero-order valence-corrected chi connectivity index (χ0v) is 13.1. The molecule has 0 unspecified atom stereocenters. The van der Waals surface area contributed by atoms with E-state index in [9.17, 15) is 9.90 Å². The van der Waals surface area contributed by atoms with Crippen molar-refractivity contribution in [3.63, 3.8) is 0 Å². The molecule has 0 aromatic heterocycles. The Balaban J connectivity index is 1.79. The number of hydrogen-bond acceptors (Lipinski definition) is 4. The molecule has 0 bridgehead atoms. The first-order valence-electron chi connectivity index (χ1n) is 7.38. The Kier molecular flexibility index (Phi) is 4.43. The highest BCUT2D eigenvalue weighted by atomic mass is 16.5. The molecule has 0 saturated heterocycles. The zero-order valence-electron chi connectivity index (χ0n) is 13.1. The zero-order chi connectivity index (χ0) is 16.9. The number of para-hydroxylation sites is 1. The lowest BCUT2D eigenvalue weighted by Crippen LogP contribution is -2.18. The second-order valence-corrected chi connectivity index (χ2v) is 5.12. The summed E-state index contributed by atoms with van der Waals surface area (Å²) >= 11 is 0. The molecule has 3 rings (SSSR count). The van der Waals surface area contributed by atoms with Gasteiger partial charge in [0, 0.05) is 10.9 Å². The minimum Gasteiger partial charge on any atom is -0.507 e. The van der Waals surface area contributed by atoms with Crippen LogP contribution < -0.4 is 10.2 Å². The number of carbonyl (C=O) groups is 1. The van der Waals surface area contributed by atoms with Crippen molar-refractivity contribution in [1.29, 1.82) is 0 Å². The number of aromatic hydroxyl groups is 1. The molecule has 24 heavy (non-hydrogen) atoms. The van der Waals surface area contributed by atoms with Crippen molar-refractivity contribution in [2.45, 2.75) is 0 Å². The molecule has 0 aliphatic heterocycles. The summed E-state index contributed by atoms with van der Waals surface area (Å²) in [5.41, 5.74) is 3.35. The molecule has 5 heteroatoms. The largest absolute Gasteiger partial charge is 0.507 e. The number of benzene rings is 3. The third-order valence-electron chi connectivity index (χ3n) is 3.65. The van der Waals surface area contributed by atoms with E-state index in [4.69, 9.17) is 4.74 Å². The molecule has 5 nitrogen and oxygen atoms in total. The van der Waals surface area contributed by atoms with Crippen LogP contribution >= 0.6 is 0 Å². The molecule has 0 saturated carbocycles. The molecule has 1 amide bonds. The Bertz CT molecular complexity index is 919. The molecular weight excluding hydrogens is 304 g/mol. The lowest BCUT2D eigenvalue weighted by atomic mass is 10.1. The van der Waals surface area contributed by atoms with E-state index in [1.807, 2.05) is 30.3 Å². The molecule has 2 N–H and O–H groups in total. The number of amides is 1. The van der Waals surface area contributed by atoms with E-state index in [0.717, 1.165) is 10.8 Å². The van der Waals surface area contributed by atoms with Crippen molar-refractivity contribution in [1.82, 2.24) is 5.43 Å². The average Bonchev–Trinajstić information content (AvgIpc) is 2.63.